The van der Waals surface area contributed by atoms with Gasteiger partial charge in [0.1, 0.15) is 6.10 Å². The molecule has 0 aliphatic carbocycles. The molecule has 0 saturated carbocycles. The summed E-state index contributed by atoms with van der Waals surface area (Å²) in [7, 11) is 1.41. The lowest BCUT2D eigenvalue weighted by atomic mass is 10.1. The predicted molar refractivity (Wildman–Crippen MR) is 46.6 cm³/mol. The van der Waals surface area contributed by atoms with Crippen molar-refractivity contribution in [3.05, 3.63) is 29.6 Å². The van der Waals surface area contributed by atoms with Gasteiger partial charge in [-0.3, -0.25) is 4.84 Å². The molecule has 2 N–H and O–H groups in total. The Bertz CT molecular complexity index is 291. The molecule has 0 saturated heterocycles. The molecule has 0 radical (unpaired) electrons. The molecule has 0 heterocycles. The summed E-state index contributed by atoms with van der Waals surface area (Å²) in [4.78, 5) is 4.59. The summed E-state index contributed by atoms with van der Waals surface area (Å²) < 4.78 is 18.0. The van der Waals surface area contributed by atoms with Crippen LogP contribution >= 0.6 is 0 Å². The first-order chi connectivity index (χ1) is 6.20. The fraction of sp³-hybridized carbons (Fsp3) is 0.333. The number of halogens is 1. The van der Waals surface area contributed by atoms with E-state index in [0.29, 0.717) is 5.56 Å². The summed E-state index contributed by atoms with van der Waals surface area (Å²) in [5.74, 6) is 4.77. The summed E-state index contributed by atoms with van der Waals surface area (Å²) in [5.41, 5.74) is 0.602. The Balaban J connectivity index is 3.12. The molecule has 0 fully saturated rings. The third-order valence-electron chi connectivity index (χ3n) is 1.84. The highest BCUT2D eigenvalue weighted by atomic mass is 19.1. The van der Waals surface area contributed by atoms with Crippen molar-refractivity contribution in [2.75, 3.05) is 7.11 Å². The lowest BCUT2D eigenvalue weighted by Gasteiger charge is -2.13. The Hall–Kier alpha value is -1.13. The average molecular weight is 185 g/mol. The summed E-state index contributed by atoms with van der Waals surface area (Å²) >= 11 is 0. The lowest BCUT2D eigenvalue weighted by molar-refractivity contribution is 0.0642. The molecule has 3 nitrogen and oxygen atoms in total. The second kappa shape index (κ2) is 4.20. The Morgan fingerprint density at radius 1 is 1.46 bits per heavy atom. The first-order valence-corrected chi connectivity index (χ1v) is 3.88. The molecule has 72 valence electrons. The molecular formula is C9H12FNO2. The molecule has 13 heavy (non-hydrogen) atoms. The Morgan fingerprint density at radius 2 is 2.15 bits per heavy atom. The van der Waals surface area contributed by atoms with E-state index in [2.05, 4.69) is 4.84 Å². The molecule has 1 unspecified atom stereocenters. The number of benzene rings is 1. The highest BCUT2D eigenvalue weighted by molar-refractivity contribution is 5.36. The third-order valence-corrected chi connectivity index (χ3v) is 1.84. The van der Waals surface area contributed by atoms with Gasteiger partial charge in [-0.15, -0.1) is 0 Å². The van der Waals surface area contributed by atoms with Crippen molar-refractivity contribution in [1.29, 1.82) is 0 Å². The second-order valence-electron chi connectivity index (χ2n) is 2.64. The van der Waals surface area contributed by atoms with Crippen molar-refractivity contribution in [3.63, 3.8) is 0 Å². The third kappa shape index (κ3) is 1.96. The van der Waals surface area contributed by atoms with Gasteiger partial charge in [-0.2, -0.15) is 0 Å². The molecular weight excluding hydrogens is 173 g/mol. The summed E-state index contributed by atoms with van der Waals surface area (Å²) in [6, 6.07) is 4.62. The van der Waals surface area contributed by atoms with Crippen LogP contribution in [0, 0.1) is 5.82 Å². The zero-order valence-corrected chi connectivity index (χ0v) is 7.58. The van der Waals surface area contributed by atoms with Crippen LogP contribution in [0.2, 0.25) is 0 Å². The molecule has 0 aromatic heterocycles. The predicted octanol–water partition coefficient (Wildman–Crippen LogP) is 1.79. The van der Waals surface area contributed by atoms with Gasteiger partial charge in [0, 0.05) is 5.56 Å². The van der Waals surface area contributed by atoms with E-state index in [1.807, 2.05) is 0 Å². The van der Waals surface area contributed by atoms with Gasteiger partial charge in [-0.1, -0.05) is 12.1 Å². The highest BCUT2D eigenvalue weighted by Crippen LogP contribution is 2.28. The SMILES string of the molecule is COc1c(F)cccc1C(C)ON. The lowest BCUT2D eigenvalue weighted by Crippen LogP contribution is -2.07. The van der Waals surface area contributed by atoms with E-state index in [0.717, 1.165) is 0 Å². The Morgan fingerprint density at radius 3 is 2.69 bits per heavy atom. The van der Waals surface area contributed by atoms with Crippen LogP contribution in [0.15, 0.2) is 18.2 Å². The van der Waals surface area contributed by atoms with E-state index >= 15 is 0 Å². The van der Waals surface area contributed by atoms with E-state index in [-0.39, 0.29) is 11.9 Å². The molecule has 0 bridgehead atoms. The van der Waals surface area contributed by atoms with Crippen LogP contribution in [0.25, 0.3) is 0 Å². The minimum Gasteiger partial charge on any atom is -0.493 e. The van der Waals surface area contributed by atoms with Gasteiger partial charge in [-0.25, -0.2) is 10.3 Å². The summed E-state index contributed by atoms with van der Waals surface area (Å²) in [5, 5.41) is 0. The van der Waals surface area contributed by atoms with Crippen LogP contribution in [0.4, 0.5) is 4.39 Å². The first kappa shape index (κ1) is 9.95. The van der Waals surface area contributed by atoms with Crippen molar-refractivity contribution < 1.29 is 14.0 Å². The minimum absolute atomic E-state index is 0.181. The molecule has 1 rings (SSSR count). The second-order valence-corrected chi connectivity index (χ2v) is 2.64. The number of ether oxygens (including phenoxy) is 1. The molecule has 1 aromatic rings. The van der Waals surface area contributed by atoms with E-state index in [1.165, 1.54) is 13.2 Å². The van der Waals surface area contributed by atoms with Crippen molar-refractivity contribution in [1.82, 2.24) is 0 Å². The topological polar surface area (TPSA) is 44.5 Å². The van der Waals surface area contributed by atoms with Gasteiger partial charge >= 0.3 is 0 Å². The Labute approximate surface area is 76.2 Å². The normalized spacial score (nSPS) is 12.6. The quantitative estimate of drug-likeness (QED) is 0.730. The molecule has 0 amide bonds. The number of nitrogens with two attached hydrogens (primary N) is 1. The maximum absolute atomic E-state index is 13.1. The van der Waals surface area contributed by atoms with Gasteiger partial charge in [0.05, 0.1) is 7.11 Å². The minimum atomic E-state index is -0.413. The van der Waals surface area contributed by atoms with Gasteiger partial charge in [0.15, 0.2) is 11.6 Å². The number of methoxy groups -OCH3 is 1. The molecule has 1 atom stereocenters. The van der Waals surface area contributed by atoms with Gasteiger partial charge in [-0.05, 0) is 13.0 Å². The van der Waals surface area contributed by atoms with Crippen LogP contribution in [0.1, 0.15) is 18.6 Å². The largest absolute Gasteiger partial charge is 0.493 e. The van der Waals surface area contributed by atoms with Crippen molar-refractivity contribution in [2.45, 2.75) is 13.0 Å². The number of para-hydroxylation sites is 1. The zero-order chi connectivity index (χ0) is 9.84. The van der Waals surface area contributed by atoms with Crippen molar-refractivity contribution >= 4 is 0 Å². The standard InChI is InChI=1S/C9H12FNO2/c1-6(13-11)7-4-3-5-8(10)9(7)12-2/h3-6H,11H2,1-2H3. The van der Waals surface area contributed by atoms with Crippen molar-refractivity contribution in [3.8, 4) is 5.75 Å². The van der Waals surface area contributed by atoms with E-state index in [9.17, 15) is 4.39 Å². The fourth-order valence-corrected chi connectivity index (χ4v) is 1.13. The molecule has 0 spiro atoms. The molecule has 1 aromatic carbocycles. The van der Waals surface area contributed by atoms with E-state index in [1.54, 1.807) is 19.1 Å². The maximum Gasteiger partial charge on any atom is 0.165 e. The van der Waals surface area contributed by atoms with Crippen molar-refractivity contribution in [2.24, 2.45) is 5.90 Å². The maximum atomic E-state index is 13.1. The first-order valence-electron chi connectivity index (χ1n) is 3.88. The van der Waals surface area contributed by atoms with Gasteiger partial charge < -0.3 is 4.74 Å². The number of rotatable bonds is 3. The summed E-state index contributed by atoms with van der Waals surface area (Å²) in [6.07, 6.45) is -0.384. The van der Waals surface area contributed by atoms with Crippen LogP contribution in [0.5, 0.6) is 5.75 Å². The van der Waals surface area contributed by atoms with E-state index in [4.69, 9.17) is 10.6 Å². The van der Waals surface area contributed by atoms with Crippen LogP contribution in [-0.4, -0.2) is 7.11 Å². The van der Waals surface area contributed by atoms with Gasteiger partial charge in [0.2, 0.25) is 0 Å². The number of hydrogen-bond acceptors (Lipinski definition) is 3. The smallest absolute Gasteiger partial charge is 0.165 e. The Kier molecular flexibility index (Phi) is 3.22. The molecule has 0 aliphatic rings. The van der Waals surface area contributed by atoms with Crippen LogP contribution in [0.3, 0.4) is 0 Å². The zero-order valence-electron chi connectivity index (χ0n) is 7.58. The van der Waals surface area contributed by atoms with Crippen LogP contribution < -0.4 is 10.6 Å². The summed E-state index contributed by atoms with van der Waals surface area (Å²) in [6.45, 7) is 1.72. The fourth-order valence-electron chi connectivity index (χ4n) is 1.13. The monoisotopic (exact) mass is 185 g/mol. The molecule has 0 aliphatic heterocycles. The highest BCUT2D eigenvalue weighted by Gasteiger charge is 2.14. The average Bonchev–Trinajstić information content (AvgIpc) is 2.16. The van der Waals surface area contributed by atoms with E-state index < -0.39 is 5.82 Å². The molecule has 4 heteroatoms. The van der Waals surface area contributed by atoms with Crippen LogP contribution in [-0.2, 0) is 4.84 Å². The van der Waals surface area contributed by atoms with Gasteiger partial charge in [0.25, 0.3) is 0 Å². The number of hydrogen-bond donors (Lipinski definition) is 1.